The maximum atomic E-state index is 11.3. The van der Waals surface area contributed by atoms with Gasteiger partial charge in [-0.05, 0) is 28.8 Å². The van der Waals surface area contributed by atoms with Crippen LogP contribution in [0.5, 0.6) is 6.01 Å². The molecule has 2 heterocycles. The quantitative estimate of drug-likeness (QED) is 0.894. The Morgan fingerprint density at radius 3 is 2.72 bits per heavy atom. The van der Waals surface area contributed by atoms with Crippen LogP contribution < -0.4 is 10.1 Å². The molecule has 1 aliphatic rings. The molecule has 100 valence electrons. The van der Waals surface area contributed by atoms with Crippen LogP contribution in [-0.2, 0) is 9.84 Å². The standard InChI is InChI=1S/C10H14BrN3O3S/c1-17-10-12-6-8(11)9(14-10)13-7-2-4-18(15,16)5-3-7/h6-7H,2-5H2,1H3,(H,12,13,14). The molecule has 0 aliphatic carbocycles. The van der Waals surface area contributed by atoms with E-state index in [0.717, 1.165) is 4.47 Å². The summed E-state index contributed by atoms with van der Waals surface area (Å²) < 4.78 is 28.4. The van der Waals surface area contributed by atoms with Gasteiger partial charge in [-0.1, -0.05) is 0 Å². The summed E-state index contributed by atoms with van der Waals surface area (Å²) in [6.45, 7) is 0. The maximum absolute atomic E-state index is 11.3. The van der Waals surface area contributed by atoms with Gasteiger partial charge in [0.2, 0.25) is 0 Å². The Hall–Kier alpha value is -0.890. The second-order valence-electron chi connectivity index (χ2n) is 4.12. The molecular formula is C10H14BrN3O3S. The molecule has 0 radical (unpaired) electrons. The van der Waals surface area contributed by atoms with Crippen LogP contribution in [0.25, 0.3) is 0 Å². The van der Waals surface area contributed by atoms with Crippen molar-refractivity contribution in [2.75, 3.05) is 23.9 Å². The van der Waals surface area contributed by atoms with Crippen molar-refractivity contribution in [1.29, 1.82) is 0 Å². The van der Waals surface area contributed by atoms with E-state index in [4.69, 9.17) is 4.74 Å². The third kappa shape index (κ3) is 3.32. The van der Waals surface area contributed by atoms with E-state index in [2.05, 4.69) is 31.2 Å². The molecule has 0 amide bonds. The van der Waals surface area contributed by atoms with Crippen LogP contribution in [-0.4, -0.2) is 43.0 Å². The van der Waals surface area contributed by atoms with Crippen molar-refractivity contribution in [2.45, 2.75) is 18.9 Å². The van der Waals surface area contributed by atoms with Gasteiger partial charge in [-0.2, -0.15) is 4.98 Å². The number of halogens is 1. The third-order valence-corrected chi connectivity index (χ3v) is 5.10. The van der Waals surface area contributed by atoms with Gasteiger partial charge >= 0.3 is 6.01 Å². The smallest absolute Gasteiger partial charge is 0.318 e. The zero-order valence-corrected chi connectivity index (χ0v) is 12.3. The predicted molar refractivity (Wildman–Crippen MR) is 71.6 cm³/mol. The van der Waals surface area contributed by atoms with Gasteiger partial charge < -0.3 is 10.1 Å². The molecule has 0 aromatic carbocycles. The first kappa shape index (κ1) is 13.5. The normalized spacial score (nSPS) is 19.4. The van der Waals surface area contributed by atoms with Crippen molar-refractivity contribution in [3.05, 3.63) is 10.7 Å². The summed E-state index contributed by atoms with van der Waals surface area (Å²) in [5, 5.41) is 3.22. The van der Waals surface area contributed by atoms with E-state index in [1.54, 1.807) is 6.20 Å². The SMILES string of the molecule is COc1ncc(Br)c(NC2CCS(=O)(=O)CC2)n1. The third-order valence-electron chi connectivity index (χ3n) is 2.80. The van der Waals surface area contributed by atoms with Gasteiger partial charge in [0, 0.05) is 6.04 Å². The number of nitrogens with zero attached hydrogens (tertiary/aromatic N) is 2. The highest BCUT2D eigenvalue weighted by atomic mass is 79.9. The van der Waals surface area contributed by atoms with Gasteiger partial charge in [0.15, 0.2) is 0 Å². The number of ether oxygens (including phenoxy) is 1. The van der Waals surface area contributed by atoms with Crippen LogP contribution in [0.3, 0.4) is 0 Å². The Morgan fingerprint density at radius 2 is 2.11 bits per heavy atom. The summed E-state index contributed by atoms with van der Waals surface area (Å²) in [6.07, 6.45) is 2.80. The molecule has 18 heavy (non-hydrogen) atoms. The fourth-order valence-electron chi connectivity index (χ4n) is 1.78. The van der Waals surface area contributed by atoms with Crippen molar-refractivity contribution in [1.82, 2.24) is 9.97 Å². The molecule has 1 fully saturated rings. The van der Waals surface area contributed by atoms with Crippen molar-refractivity contribution in [2.24, 2.45) is 0 Å². The lowest BCUT2D eigenvalue weighted by Crippen LogP contribution is -2.32. The van der Waals surface area contributed by atoms with E-state index >= 15 is 0 Å². The van der Waals surface area contributed by atoms with Gasteiger partial charge in [-0.3, -0.25) is 0 Å². The van der Waals surface area contributed by atoms with Gasteiger partial charge in [-0.15, -0.1) is 0 Å². The first-order chi connectivity index (χ1) is 8.50. The Bertz CT molecular complexity index is 521. The molecule has 0 unspecified atom stereocenters. The second kappa shape index (κ2) is 5.40. The van der Waals surface area contributed by atoms with Gasteiger partial charge in [0.05, 0.1) is 29.3 Å². The molecule has 1 aromatic rings. The van der Waals surface area contributed by atoms with Gasteiger partial charge in [0.25, 0.3) is 0 Å². The average Bonchev–Trinajstić information content (AvgIpc) is 2.34. The lowest BCUT2D eigenvalue weighted by atomic mass is 10.1. The highest BCUT2D eigenvalue weighted by molar-refractivity contribution is 9.10. The molecule has 1 aromatic heterocycles. The zero-order chi connectivity index (χ0) is 13.2. The minimum absolute atomic E-state index is 0.115. The van der Waals surface area contributed by atoms with Gasteiger partial charge in [-0.25, -0.2) is 13.4 Å². The Labute approximate surface area is 114 Å². The minimum Gasteiger partial charge on any atom is -0.467 e. The van der Waals surface area contributed by atoms with Crippen LogP contribution in [0.4, 0.5) is 5.82 Å². The highest BCUT2D eigenvalue weighted by Gasteiger charge is 2.24. The predicted octanol–water partition coefficient (Wildman–Crippen LogP) is 1.24. The van der Waals surface area contributed by atoms with Crippen LogP contribution in [0, 0.1) is 0 Å². The second-order valence-corrected chi connectivity index (χ2v) is 7.28. The fraction of sp³-hybridized carbons (Fsp3) is 0.600. The number of sulfone groups is 1. The monoisotopic (exact) mass is 335 g/mol. The highest BCUT2D eigenvalue weighted by Crippen LogP contribution is 2.24. The summed E-state index contributed by atoms with van der Waals surface area (Å²) in [7, 11) is -1.34. The average molecular weight is 336 g/mol. The Kier molecular flexibility index (Phi) is 4.06. The number of hydrogen-bond donors (Lipinski definition) is 1. The molecule has 1 saturated heterocycles. The number of aromatic nitrogens is 2. The summed E-state index contributed by atoms with van der Waals surface area (Å²) in [5.74, 6) is 1.08. The summed E-state index contributed by atoms with van der Waals surface area (Å²) in [4.78, 5) is 8.14. The summed E-state index contributed by atoms with van der Waals surface area (Å²) in [6, 6.07) is 0.397. The van der Waals surface area contributed by atoms with Crippen molar-refractivity contribution >= 4 is 31.6 Å². The molecule has 8 heteroatoms. The summed E-state index contributed by atoms with van der Waals surface area (Å²) in [5.41, 5.74) is 0. The van der Waals surface area contributed by atoms with E-state index in [0.29, 0.717) is 18.7 Å². The van der Waals surface area contributed by atoms with Crippen molar-refractivity contribution in [3.8, 4) is 6.01 Å². The lowest BCUT2D eigenvalue weighted by molar-refractivity contribution is 0.380. The molecule has 0 bridgehead atoms. The van der Waals surface area contributed by atoms with E-state index in [1.165, 1.54) is 7.11 Å². The van der Waals surface area contributed by atoms with E-state index < -0.39 is 9.84 Å². The number of methoxy groups -OCH3 is 1. The largest absolute Gasteiger partial charge is 0.467 e. The zero-order valence-electron chi connectivity index (χ0n) is 9.89. The molecular weight excluding hydrogens is 322 g/mol. The number of rotatable bonds is 3. The van der Waals surface area contributed by atoms with Crippen LogP contribution in [0.1, 0.15) is 12.8 Å². The van der Waals surface area contributed by atoms with Crippen molar-refractivity contribution < 1.29 is 13.2 Å². The maximum Gasteiger partial charge on any atom is 0.318 e. The first-order valence-electron chi connectivity index (χ1n) is 5.53. The molecule has 0 spiro atoms. The summed E-state index contributed by atoms with van der Waals surface area (Å²) >= 11 is 3.35. The fourth-order valence-corrected chi connectivity index (χ4v) is 3.58. The molecule has 6 nitrogen and oxygen atoms in total. The van der Waals surface area contributed by atoms with Crippen LogP contribution in [0.2, 0.25) is 0 Å². The molecule has 1 aliphatic heterocycles. The number of anilines is 1. The van der Waals surface area contributed by atoms with Crippen LogP contribution >= 0.6 is 15.9 Å². The minimum atomic E-state index is -2.84. The first-order valence-corrected chi connectivity index (χ1v) is 8.15. The van der Waals surface area contributed by atoms with Crippen molar-refractivity contribution in [3.63, 3.8) is 0 Å². The molecule has 2 rings (SSSR count). The molecule has 0 atom stereocenters. The topological polar surface area (TPSA) is 81.2 Å². The Balaban J connectivity index is 2.06. The van der Waals surface area contributed by atoms with E-state index in [9.17, 15) is 8.42 Å². The lowest BCUT2D eigenvalue weighted by Gasteiger charge is -2.23. The molecule has 1 N–H and O–H groups in total. The van der Waals surface area contributed by atoms with Crippen LogP contribution in [0.15, 0.2) is 10.7 Å². The number of nitrogens with one attached hydrogen (secondary N) is 1. The number of hydrogen-bond acceptors (Lipinski definition) is 6. The van der Waals surface area contributed by atoms with E-state index in [-0.39, 0.29) is 23.6 Å². The van der Waals surface area contributed by atoms with Gasteiger partial charge in [0.1, 0.15) is 15.7 Å². The van der Waals surface area contributed by atoms with E-state index in [1.807, 2.05) is 0 Å². The molecule has 0 saturated carbocycles. The Morgan fingerprint density at radius 1 is 1.44 bits per heavy atom.